The third-order valence-corrected chi connectivity index (χ3v) is 4.82. The van der Waals surface area contributed by atoms with Gasteiger partial charge < -0.3 is 14.7 Å². The van der Waals surface area contributed by atoms with Gasteiger partial charge in [0.25, 0.3) is 5.91 Å². The largest absolute Gasteiger partial charge is 0.481 e. The zero-order valence-corrected chi connectivity index (χ0v) is 13.5. The van der Waals surface area contributed by atoms with E-state index in [2.05, 4.69) is 4.90 Å². The van der Waals surface area contributed by atoms with Gasteiger partial charge in [0.2, 0.25) is 0 Å². The standard InChI is InChI=1S/C17H22F2N2O3/c18-12-4-5-16(13(19)10-12)24-11-17(23)21-8-6-20(7-9-21)14-2-1-3-15(14)22/h4-5,10,14-15,22H,1-3,6-9,11H2/t14-,15+/m0/s1. The molecule has 0 bridgehead atoms. The Labute approximate surface area is 139 Å². The Balaban J connectivity index is 1.46. The Hall–Kier alpha value is -1.73. The normalized spacial score (nSPS) is 25.0. The van der Waals surface area contributed by atoms with Crippen LogP contribution in [0.15, 0.2) is 18.2 Å². The fraction of sp³-hybridized carbons (Fsp3) is 0.588. The first-order chi connectivity index (χ1) is 11.5. The van der Waals surface area contributed by atoms with Crippen LogP contribution in [-0.2, 0) is 4.79 Å². The van der Waals surface area contributed by atoms with E-state index in [0.29, 0.717) is 13.1 Å². The minimum absolute atomic E-state index is 0.127. The minimum atomic E-state index is -0.817. The van der Waals surface area contributed by atoms with Crippen molar-refractivity contribution in [3.05, 3.63) is 29.8 Å². The molecule has 1 saturated carbocycles. The number of piperazine rings is 1. The van der Waals surface area contributed by atoms with Crippen LogP contribution in [-0.4, -0.2) is 65.7 Å². The molecule has 1 saturated heterocycles. The molecule has 132 valence electrons. The number of hydrogen-bond donors (Lipinski definition) is 1. The molecule has 1 aromatic carbocycles. The highest BCUT2D eigenvalue weighted by Crippen LogP contribution is 2.25. The first kappa shape index (κ1) is 17.1. The molecule has 0 unspecified atom stereocenters. The molecule has 2 atom stereocenters. The SMILES string of the molecule is O=C(COc1ccc(F)cc1F)N1CCN([C@H]2CCC[C@H]2O)CC1. The molecule has 1 aliphatic carbocycles. The van der Waals surface area contributed by atoms with Gasteiger partial charge in [0.15, 0.2) is 18.2 Å². The van der Waals surface area contributed by atoms with Crippen molar-refractivity contribution in [2.45, 2.75) is 31.4 Å². The van der Waals surface area contributed by atoms with Crippen LogP contribution < -0.4 is 4.74 Å². The van der Waals surface area contributed by atoms with Crippen molar-refractivity contribution in [2.75, 3.05) is 32.8 Å². The van der Waals surface area contributed by atoms with E-state index in [1.165, 1.54) is 6.07 Å². The summed E-state index contributed by atoms with van der Waals surface area (Å²) < 4.78 is 31.5. The summed E-state index contributed by atoms with van der Waals surface area (Å²) in [4.78, 5) is 16.1. The first-order valence-corrected chi connectivity index (χ1v) is 8.32. The van der Waals surface area contributed by atoms with E-state index in [-0.39, 0.29) is 30.4 Å². The summed E-state index contributed by atoms with van der Waals surface area (Å²) in [7, 11) is 0. The summed E-state index contributed by atoms with van der Waals surface area (Å²) in [5, 5.41) is 9.97. The maximum absolute atomic E-state index is 13.5. The molecular formula is C17H22F2N2O3. The number of carbonyl (C=O) groups excluding carboxylic acids is 1. The van der Waals surface area contributed by atoms with Crippen LogP contribution in [0.1, 0.15) is 19.3 Å². The number of benzene rings is 1. The van der Waals surface area contributed by atoms with E-state index in [1.54, 1.807) is 4.90 Å². The molecule has 0 spiro atoms. The second-order valence-electron chi connectivity index (χ2n) is 6.35. The van der Waals surface area contributed by atoms with Crippen molar-refractivity contribution in [2.24, 2.45) is 0 Å². The number of amides is 1. The Morgan fingerprint density at radius 3 is 2.58 bits per heavy atom. The molecular weight excluding hydrogens is 318 g/mol. The van der Waals surface area contributed by atoms with Gasteiger partial charge in [-0.05, 0) is 31.4 Å². The number of hydrogen-bond acceptors (Lipinski definition) is 4. The molecule has 0 radical (unpaired) electrons. The van der Waals surface area contributed by atoms with Gasteiger partial charge in [0.05, 0.1) is 6.10 Å². The number of aliphatic hydroxyl groups is 1. The number of carbonyl (C=O) groups is 1. The molecule has 1 aromatic rings. The Morgan fingerprint density at radius 2 is 1.96 bits per heavy atom. The van der Waals surface area contributed by atoms with Crippen molar-refractivity contribution in [1.29, 1.82) is 0 Å². The molecule has 2 aliphatic rings. The van der Waals surface area contributed by atoms with Crippen molar-refractivity contribution in [1.82, 2.24) is 9.80 Å². The van der Waals surface area contributed by atoms with Gasteiger partial charge in [-0.1, -0.05) is 0 Å². The molecule has 3 rings (SSSR count). The Kier molecular flexibility index (Phi) is 5.30. The zero-order chi connectivity index (χ0) is 17.1. The zero-order valence-electron chi connectivity index (χ0n) is 13.5. The molecule has 1 aliphatic heterocycles. The average molecular weight is 340 g/mol. The maximum Gasteiger partial charge on any atom is 0.260 e. The molecule has 0 aromatic heterocycles. The Morgan fingerprint density at radius 1 is 1.21 bits per heavy atom. The molecule has 1 amide bonds. The quantitative estimate of drug-likeness (QED) is 0.900. The van der Waals surface area contributed by atoms with Gasteiger partial charge in [-0.2, -0.15) is 0 Å². The van der Waals surface area contributed by atoms with Crippen molar-refractivity contribution in [3.8, 4) is 5.75 Å². The van der Waals surface area contributed by atoms with E-state index in [1.807, 2.05) is 0 Å². The van der Waals surface area contributed by atoms with E-state index >= 15 is 0 Å². The van der Waals surface area contributed by atoms with Gasteiger partial charge in [0, 0.05) is 38.3 Å². The van der Waals surface area contributed by atoms with Crippen LogP contribution >= 0.6 is 0 Å². The number of rotatable bonds is 4. The summed E-state index contributed by atoms with van der Waals surface area (Å²) in [6, 6.07) is 3.20. The molecule has 1 heterocycles. The Bertz CT molecular complexity index is 591. The number of ether oxygens (including phenoxy) is 1. The molecule has 7 heteroatoms. The lowest BCUT2D eigenvalue weighted by atomic mass is 10.1. The highest BCUT2D eigenvalue weighted by atomic mass is 19.1. The summed E-state index contributed by atoms with van der Waals surface area (Å²) >= 11 is 0. The van der Waals surface area contributed by atoms with Gasteiger partial charge in [0.1, 0.15) is 5.82 Å². The highest BCUT2D eigenvalue weighted by molar-refractivity contribution is 5.77. The average Bonchev–Trinajstić information content (AvgIpc) is 3.00. The summed E-state index contributed by atoms with van der Waals surface area (Å²) in [6.07, 6.45) is 2.63. The smallest absolute Gasteiger partial charge is 0.260 e. The highest BCUT2D eigenvalue weighted by Gasteiger charge is 2.33. The molecule has 5 nitrogen and oxygen atoms in total. The molecule has 1 N–H and O–H groups in total. The monoisotopic (exact) mass is 340 g/mol. The van der Waals surface area contributed by atoms with E-state index in [0.717, 1.165) is 44.5 Å². The minimum Gasteiger partial charge on any atom is -0.481 e. The first-order valence-electron chi connectivity index (χ1n) is 8.32. The predicted molar refractivity (Wildman–Crippen MR) is 83.7 cm³/mol. The lowest BCUT2D eigenvalue weighted by Gasteiger charge is -2.39. The lowest BCUT2D eigenvalue weighted by Crippen LogP contribution is -2.54. The van der Waals surface area contributed by atoms with Gasteiger partial charge >= 0.3 is 0 Å². The number of nitrogens with zero attached hydrogens (tertiary/aromatic N) is 2. The lowest BCUT2D eigenvalue weighted by molar-refractivity contribution is -0.135. The maximum atomic E-state index is 13.5. The predicted octanol–water partition coefficient (Wildman–Crippen LogP) is 1.40. The van der Waals surface area contributed by atoms with Gasteiger partial charge in [-0.25, -0.2) is 8.78 Å². The van der Waals surface area contributed by atoms with E-state index in [4.69, 9.17) is 4.74 Å². The van der Waals surface area contributed by atoms with Crippen molar-refractivity contribution >= 4 is 5.91 Å². The second kappa shape index (κ2) is 7.44. The summed E-state index contributed by atoms with van der Waals surface area (Å²) in [6.45, 7) is 2.31. The van der Waals surface area contributed by atoms with Crippen LogP contribution in [0.2, 0.25) is 0 Å². The van der Waals surface area contributed by atoms with Crippen LogP contribution in [0.4, 0.5) is 8.78 Å². The second-order valence-corrected chi connectivity index (χ2v) is 6.35. The number of aliphatic hydroxyl groups excluding tert-OH is 1. The van der Waals surface area contributed by atoms with Crippen molar-refractivity contribution < 1.29 is 23.4 Å². The van der Waals surface area contributed by atoms with Crippen LogP contribution in [0.3, 0.4) is 0 Å². The van der Waals surface area contributed by atoms with Gasteiger partial charge in [-0.3, -0.25) is 9.69 Å². The van der Waals surface area contributed by atoms with Gasteiger partial charge in [-0.15, -0.1) is 0 Å². The topological polar surface area (TPSA) is 53.0 Å². The van der Waals surface area contributed by atoms with Crippen LogP contribution in [0, 0.1) is 11.6 Å². The van der Waals surface area contributed by atoms with Crippen LogP contribution in [0.5, 0.6) is 5.75 Å². The fourth-order valence-corrected chi connectivity index (χ4v) is 3.47. The summed E-state index contributed by atoms with van der Waals surface area (Å²) in [5.41, 5.74) is 0. The van der Waals surface area contributed by atoms with E-state index < -0.39 is 11.6 Å². The molecule has 2 fully saturated rings. The molecule has 24 heavy (non-hydrogen) atoms. The van der Waals surface area contributed by atoms with E-state index in [9.17, 15) is 18.7 Å². The summed E-state index contributed by atoms with van der Waals surface area (Å²) in [5.74, 6) is -1.85. The number of halogens is 2. The fourth-order valence-electron chi connectivity index (χ4n) is 3.47. The third-order valence-electron chi connectivity index (χ3n) is 4.82. The third kappa shape index (κ3) is 3.84. The van der Waals surface area contributed by atoms with Crippen LogP contribution in [0.25, 0.3) is 0 Å². The van der Waals surface area contributed by atoms with Crippen molar-refractivity contribution in [3.63, 3.8) is 0 Å².